The summed E-state index contributed by atoms with van der Waals surface area (Å²) in [5.41, 5.74) is 0.484. The molecule has 1 heterocycles. The van der Waals surface area contributed by atoms with Crippen LogP contribution in [0.5, 0.6) is 5.75 Å². The fourth-order valence-electron chi connectivity index (χ4n) is 1.08. The molecule has 0 radical (unpaired) electrons. The van der Waals surface area contributed by atoms with E-state index in [4.69, 9.17) is 0 Å². The quantitative estimate of drug-likeness (QED) is 0.757. The van der Waals surface area contributed by atoms with E-state index in [1.807, 2.05) is 13.8 Å². The molecule has 80 valence electrons. The van der Waals surface area contributed by atoms with E-state index in [-0.39, 0.29) is 29.6 Å². The summed E-state index contributed by atoms with van der Waals surface area (Å²) < 4.78 is 0. The van der Waals surface area contributed by atoms with Crippen molar-refractivity contribution >= 4 is 12.1 Å². The van der Waals surface area contributed by atoms with Gasteiger partial charge in [0.2, 0.25) is 0 Å². The van der Waals surface area contributed by atoms with Gasteiger partial charge in [-0.2, -0.15) is 0 Å². The second-order valence-electron chi connectivity index (χ2n) is 3.62. The van der Waals surface area contributed by atoms with Gasteiger partial charge in [0.25, 0.3) is 0 Å². The lowest BCUT2D eigenvalue weighted by molar-refractivity contribution is -0.121. The normalized spacial score (nSPS) is 10.3. The van der Waals surface area contributed by atoms with Crippen molar-refractivity contribution in [1.29, 1.82) is 0 Å². The minimum absolute atomic E-state index is 0.0240. The first-order valence-corrected chi connectivity index (χ1v) is 4.71. The Morgan fingerprint density at radius 3 is 2.73 bits per heavy atom. The van der Waals surface area contributed by atoms with Gasteiger partial charge in [0, 0.05) is 18.0 Å². The number of rotatable bonds is 4. The highest BCUT2D eigenvalue weighted by molar-refractivity contribution is 5.82. The van der Waals surface area contributed by atoms with E-state index in [1.54, 1.807) is 6.07 Å². The van der Waals surface area contributed by atoms with E-state index in [0.29, 0.717) is 12.0 Å². The van der Waals surface area contributed by atoms with Crippen LogP contribution >= 0.6 is 0 Å². The number of ketones is 1. The van der Waals surface area contributed by atoms with Crippen LogP contribution in [-0.4, -0.2) is 22.2 Å². The maximum Gasteiger partial charge on any atom is 0.172 e. The molecule has 0 saturated carbocycles. The number of carbonyl (C=O) groups is 2. The third-order valence-corrected chi connectivity index (χ3v) is 2.07. The second kappa shape index (κ2) is 4.68. The van der Waals surface area contributed by atoms with Crippen molar-refractivity contribution in [3.63, 3.8) is 0 Å². The number of Topliss-reactive ketones (excluding diaryl/α,β-unsaturated/α-hetero) is 1. The molecule has 1 rings (SSSR count). The predicted octanol–water partition coefficient (Wildman–Crippen LogP) is 1.37. The van der Waals surface area contributed by atoms with Crippen molar-refractivity contribution in [2.45, 2.75) is 20.3 Å². The van der Waals surface area contributed by atoms with E-state index in [0.717, 1.165) is 0 Å². The van der Waals surface area contributed by atoms with E-state index in [9.17, 15) is 14.7 Å². The summed E-state index contributed by atoms with van der Waals surface area (Å²) in [5, 5.41) is 9.20. The molecule has 4 heteroatoms. The predicted molar refractivity (Wildman–Crippen MR) is 54.8 cm³/mol. The minimum Gasteiger partial charge on any atom is -0.506 e. The number of carbonyl (C=O) groups excluding carboxylic acids is 2. The molecule has 0 bridgehead atoms. The van der Waals surface area contributed by atoms with Gasteiger partial charge in [-0.1, -0.05) is 13.8 Å². The molecular formula is C11H13NO3. The zero-order chi connectivity index (χ0) is 11.4. The fraction of sp³-hybridized carbons (Fsp3) is 0.364. The maximum absolute atomic E-state index is 11.4. The third-order valence-electron chi connectivity index (χ3n) is 2.07. The molecule has 1 N–H and O–H groups in total. The Bertz CT molecular complexity index is 385. The molecule has 15 heavy (non-hydrogen) atoms. The molecule has 0 atom stereocenters. The average Bonchev–Trinajstić information content (AvgIpc) is 2.20. The van der Waals surface area contributed by atoms with Crippen LogP contribution in [-0.2, 0) is 11.2 Å². The Morgan fingerprint density at radius 2 is 2.20 bits per heavy atom. The van der Waals surface area contributed by atoms with Crippen molar-refractivity contribution in [3.8, 4) is 5.75 Å². The molecule has 0 unspecified atom stereocenters. The smallest absolute Gasteiger partial charge is 0.172 e. The Hall–Kier alpha value is -1.71. The molecule has 0 spiro atoms. The molecule has 1 aromatic rings. The molecule has 0 amide bonds. The summed E-state index contributed by atoms with van der Waals surface area (Å²) in [6.07, 6.45) is 0.664. The lowest BCUT2D eigenvalue weighted by Crippen LogP contribution is -2.11. The zero-order valence-corrected chi connectivity index (χ0v) is 8.73. The molecular weight excluding hydrogens is 194 g/mol. The van der Waals surface area contributed by atoms with E-state index < -0.39 is 0 Å². The number of nitrogens with zero attached hydrogens (tertiary/aromatic N) is 1. The zero-order valence-electron chi connectivity index (χ0n) is 8.73. The van der Waals surface area contributed by atoms with Gasteiger partial charge >= 0.3 is 0 Å². The van der Waals surface area contributed by atoms with Crippen molar-refractivity contribution in [1.82, 2.24) is 4.98 Å². The van der Waals surface area contributed by atoms with Crippen molar-refractivity contribution < 1.29 is 14.7 Å². The molecule has 0 aliphatic carbocycles. The van der Waals surface area contributed by atoms with E-state index >= 15 is 0 Å². The van der Waals surface area contributed by atoms with Crippen LogP contribution in [0.3, 0.4) is 0 Å². The topological polar surface area (TPSA) is 67.3 Å². The highest BCUT2D eigenvalue weighted by Crippen LogP contribution is 2.13. The number of aromatic nitrogens is 1. The van der Waals surface area contributed by atoms with Gasteiger partial charge in [-0.15, -0.1) is 0 Å². The first-order chi connectivity index (χ1) is 7.04. The monoisotopic (exact) mass is 207 g/mol. The molecule has 0 aliphatic rings. The summed E-state index contributed by atoms with van der Waals surface area (Å²) in [7, 11) is 0. The van der Waals surface area contributed by atoms with Gasteiger partial charge in [-0.05, 0) is 12.1 Å². The Balaban J connectivity index is 2.87. The molecule has 4 nitrogen and oxygen atoms in total. The molecule has 1 aromatic heterocycles. The molecule has 0 aromatic carbocycles. The molecule has 0 saturated heterocycles. The van der Waals surface area contributed by atoms with Gasteiger partial charge in [0.1, 0.15) is 17.2 Å². The summed E-state index contributed by atoms with van der Waals surface area (Å²) in [4.78, 5) is 25.8. The van der Waals surface area contributed by atoms with Gasteiger partial charge in [0.15, 0.2) is 6.29 Å². The average molecular weight is 207 g/mol. The van der Waals surface area contributed by atoms with Gasteiger partial charge in [-0.3, -0.25) is 9.59 Å². The first kappa shape index (κ1) is 11.4. The van der Waals surface area contributed by atoms with Crippen LogP contribution in [0.25, 0.3) is 0 Å². The van der Waals surface area contributed by atoms with Gasteiger partial charge in [0.05, 0.1) is 0 Å². The molecule has 0 fully saturated rings. The Labute approximate surface area is 88.0 Å². The van der Waals surface area contributed by atoms with Crippen LogP contribution in [0.1, 0.15) is 30.0 Å². The third kappa shape index (κ3) is 2.87. The second-order valence-corrected chi connectivity index (χ2v) is 3.62. The van der Waals surface area contributed by atoms with E-state index in [2.05, 4.69) is 4.98 Å². The van der Waals surface area contributed by atoms with Crippen LogP contribution in [0, 0.1) is 5.92 Å². The van der Waals surface area contributed by atoms with Crippen LogP contribution < -0.4 is 0 Å². The number of aromatic hydroxyl groups is 1. The summed E-state index contributed by atoms with van der Waals surface area (Å²) >= 11 is 0. The number of aldehydes is 1. The van der Waals surface area contributed by atoms with Crippen LogP contribution in [0.4, 0.5) is 0 Å². The van der Waals surface area contributed by atoms with Crippen molar-refractivity contribution in [2.24, 2.45) is 5.92 Å². The standard InChI is InChI=1S/C11H13NO3/c1-7(2)11(15)5-8-3-4-10(14)9(6-13)12-8/h3-4,6-7,14H,5H2,1-2H3. The van der Waals surface area contributed by atoms with Gasteiger partial charge < -0.3 is 5.11 Å². The lowest BCUT2D eigenvalue weighted by atomic mass is 10.0. The van der Waals surface area contributed by atoms with Crippen molar-refractivity contribution in [3.05, 3.63) is 23.5 Å². The summed E-state index contributed by atoms with van der Waals surface area (Å²) in [5.74, 6) is -0.156. The largest absolute Gasteiger partial charge is 0.506 e. The number of pyridine rings is 1. The van der Waals surface area contributed by atoms with Gasteiger partial charge in [-0.25, -0.2) is 4.98 Å². The highest BCUT2D eigenvalue weighted by atomic mass is 16.3. The minimum atomic E-state index is -0.161. The number of hydrogen-bond acceptors (Lipinski definition) is 4. The SMILES string of the molecule is CC(C)C(=O)Cc1ccc(O)c(C=O)n1. The maximum atomic E-state index is 11.4. The highest BCUT2D eigenvalue weighted by Gasteiger charge is 2.10. The Morgan fingerprint density at radius 1 is 1.53 bits per heavy atom. The Kier molecular flexibility index (Phi) is 3.55. The van der Waals surface area contributed by atoms with E-state index in [1.165, 1.54) is 6.07 Å². The molecule has 0 aliphatic heterocycles. The first-order valence-electron chi connectivity index (χ1n) is 4.71. The number of hydrogen-bond donors (Lipinski definition) is 1. The summed E-state index contributed by atoms with van der Waals surface area (Å²) in [6, 6.07) is 2.92. The fourth-order valence-corrected chi connectivity index (χ4v) is 1.08. The summed E-state index contributed by atoms with van der Waals surface area (Å²) in [6.45, 7) is 3.62. The van der Waals surface area contributed by atoms with Crippen LogP contribution in [0.2, 0.25) is 0 Å². The lowest BCUT2D eigenvalue weighted by Gasteiger charge is -2.04. The van der Waals surface area contributed by atoms with Crippen molar-refractivity contribution in [2.75, 3.05) is 0 Å². The van der Waals surface area contributed by atoms with Crippen LogP contribution in [0.15, 0.2) is 12.1 Å².